The number of hydrogen-bond donors (Lipinski definition) is 0. The molecule has 15 aliphatic rings. The smallest absolute Gasteiger partial charge is 0.236 e. The van der Waals surface area contributed by atoms with E-state index in [1.165, 1.54) is 66.9 Å². The van der Waals surface area contributed by atoms with Gasteiger partial charge in [0.25, 0.3) is 0 Å². The maximum Gasteiger partial charge on any atom is 0.236 e. The fourth-order valence-corrected chi connectivity index (χ4v) is 29.7. The van der Waals surface area contributed by atoms with Crippen LogP contribution in [0.1, 0.15) is 162 Å². The standard InChI is InChI=1S/C44H36P2.C40H50O8.C16H22O5/c1-7-22-39(23-8-1)45(40-24-9-2-10-25-40,41-26-11-3-12-27-41)35-37-20-19-21-38(34-37)36-46(42-28-13-4-14-29-42,43-30-15-5-16-31-43)44-32-17-6-18-33-44;1-23-10-14-31-25(3)33(41-35-39(31)29(23)18-20-37(5,43-35)45-47-39)16-12-27-8-7-9-28(22-27)13-17-34-26(4)32-15-11-24(2)30-19-21-38(6)44-36(42-34)40(30,32)48-46-38;1-9-4-5-12-10(2)13(8-17)18-14-16(12)11(9)6-7-15(3,19-14)20-21-16/h1-36H;7-9,12-13,16-17,22-24,29-32,35-36H,10-11,14-15,18-21H2,1-6H3;8-9,11-12,14H,4-7H2,1-3H3/t;23-,24-,29+,30+,31+,32+,35-,36-,37-,38-,39-,40-;9-,11+,12+,14-,15-,16-/m.11/s1. The third-order valence-electron chi connectivity index (χ3n) is 28.0. The van der Waals surface area contributed by atoms with Gasteiger partial charge in [-0.25, -0.2) is 29.3 Å². The monoisotopic (exact) mass is 1580 g/mol. The number of allylic oxidation sites excluding steroid dienone is 3. The van der Waals surface area contributed by atoms with Crippen LogP contribution in [0.25, 0.3) is 12.2 Å². The number of ether oxygens (including phenoxy) is 6. The molecule has 596 valence electrons. The predicted octanol–water partition coefficient (Wildman–Crippen LogP) is 19.4. The Morgan fingerprint density at radius 2 is 0.583 bits per heavy atom. The Hall–Kier alpha value is -8.23. The SMILES string of the molecule is C(c1cccc(C=P(c2ccccc2)(c2ccccc2)c2ccccc2)c1)=P(c1ccccc1)(c1ccccc1)c1ccccc1.CC1=C(C=Cc2cccc(C=CC3=C(C)[C@@H]4CC[C@@H](C)[C@@H]5CC[C@@]6(C)OO[C@@]45[C@H](O3)O6)c2)O[C@@H]2O[C@@]3(C)CC[C@H]4[C@H](C)CC[C@@H]1[C@@]24OO3.CC1=C(C=O)O[C@@H]2O[C@@]3(C)CC[C@H]4[C@H](C)CC[C@@H]1[C@@]24OO3. The van der Waals surface area contributed by atoms with E-state index in [-0.39, 0.29) is 17.8 Å². The van der Waals surface area contributed by atoms with Crippen molar-refractivity contribution in [3.05, 3.63) is 299 Å². The second-order valence-corrected chi connectivity index (χ2v) is 41.4. The van der Waals surface area contributed by atoms with Gasteiger partial charge >= 0.3 is 0 Å². The van der Waals surface area contributed by atoms with Crippen molar-refractivity contribution in [2.75, 3.05) is 0 Å². The maximum atomic E-state index is 11.3. The highest BCUT2D eigenvalue weighted by Gasteiger charge is 2.71. The summed E-state index contributed by atoms with van der Waals surface area (Å²) in [6.45, 7) is 14.8. The summed E-state index contributed by atoms with van der Waals surface area (Å²) in [6.07, 6.45) is 19.7. The highest BCUT2D eigenvalue weighted by molar-refractivity contribution is 7.95. The van der Waals surface area contributed by atoms with E-state index >= 15 is 0 Å². The Morgan fingerprint density at radius 3 is 0.878 bits per heavy atom. The summed E-state index contributed by atoms with van der Waals surface area (Å²) >= 11 is 0. The first-order valence-corrected chi connectivity index (χ1v) is 45.6. The fraction of sp³-hybridized carbons (Fsp3) is 0.390. The minimum absolute atomic E-state index is 0.125. The van der Waals surface area contributed by atoms with Crippen molar-refractivity contribution in [1.82, 2.24) is 0 Å². The largest absolute Gasteiger partial charge is 0.462 e. The van der Waals surface area contributed by atoms with Crippen molar-refractivity contribution in [3.8, 4) is 0 Å². The first-order chi connectivity index (χ1) is 55.8. The molecule has 0 N–H and O–H groups in total. The summed E-state index contributed by atoms with van der Waals surface area (Å²) in [6, 6.07) is 84.1. The summed E-state index contributed by atoms with van der Waals surface area (Å²) < 4.78 is 38.4. The van der Waals surface area contributed by atoms with Crippen molar-refractivity contribution in [2.24, 2.45) is 53.3 Å². The van der Waals surface area contributed by atoms with E-state index in [1.54, 1.807) is 0 Å². The molecule has 3 saturated carbocycles. The van der Waals surface area contributed by atoms with Crippen LogP contribution in [-0.4, -0.2) is 70.9 Å². The minimum atomic E-state index is -2.15. The molecule has 15 heteroatoms. The van der Waals surface area contributed by atoms with E-state index in [2.05, 4.69) is 301 Å². The Bertz CT molecular complexity index is 4710. The number of hydrogen-bond acceptors (Lipinski definition) is 13. The van der Waals surface area contributed by atoms with Crippen LogP contribution in [0.2, 0.25) is 0 Å². The molecular weight excluding hydrogens is 1470 g/mol. The lowest BCUT2D eigenvalue weighted by molar-refractivity contribution is -0.556. The van der Waals surface area contributed by atoms with E-state index in [0.29, 0.717) is 41.3 Å². The van der Waals surface area contributed by atoms with Crippen LogP contribution in [0.3, 0.4) is 0 Å². The fourth-order valence-electron chi connectivity index (χ4n) is 22.0. The number of carbonyl (C=O) groups excluding carboxylic acids is 1. The average Bonchev–Trinajstić information content (AvgIpc) is 1.67. The first kappa shape index (κ1) is 78.0. The number of benzene rings is 8. The lowest BCUT2D eigenvalue weighted by atomic mass is 9.59. The zero-order valence-corrected chi connectivity index (χ0v) is 69.4. The summed E-state index contributed by atoms with van der Waals surface area (Å²) in [5.74, 6) is 8.03. The summed E-state index contributed by atoms with van der Waals surface area (Å²) in [7, 11) is 0. The van der Waals surface area contributed by atoms with Gasteiger partial charge in [-0.2, -0.15) is 0 Å². The summed E-state index contributed by atoms with van der Waals surface area (Å²) in [4.78, 5) is 47.5. The second kappa shape index (κ2) is 31.2. The van der Waals surface area contributed by atoms with Crippen LogP contribution >= 0.6 is 13.8 Å². The van der Waals surface area contributed by atoms with E-state index < -0.39 is 66.8 Å². The Labute approximate surface area is 678 Å². The molecule has 0 unspecified atom stereocenters. The predicted molar refractivity (Wildman–Crippen MR) is 457 cm³/mol. The molecule has 0 aromatic heterocycles. The van der Waals surface area contributed by atoms with E-state index in [9.17, 15) is 4.79 Å². The van der Waals surface area contributed by atoms with Crippen molar-refractivity contribution >= 4 is 75.6 Å². The van der Waals surface area contributed by atoms with Crippen LogP contribution in [0.15, 0.2) is 277 Å². The Kier molecular flexibility index (Phi) is 21.2. The molecule has 13 nitrogen and oxygen atoms in total. The molecule has 23 rings (SSSR count). The molecule has 3 aliphatic carbocycles. The molecule has 18 atom stereocenters. The van der Waals surface area contributed by atoms with E-state index in [1.807, 2.05) is 27.7 Å². The van der Waals surface area contributed by atoms with Gasteiger partial charge in [0.1, 0.15) is 11.5 Å². The molecule has 12 aliphatic heterocycles. The minimum Gasteiger partial charge on any atom is -0.462 e. The van der Waals surface area contributed by atoms with E-state index in [0.717, 1.165) is 98.7 Å². The third-order valence-corrected chi connectivity index (χ3v) is 36.1. The van der Waals surface area contributed by atoms with Crippen LogP contribution < -0.4 is 31.8 Å². The summed E-state index contributed by atoms with van der Waals surface area (Å²) in [5, 5.41) is 8.09. The molecule has 8 aromatic carbocycles. The number of rotatable bonds is 13. The van der Waals surface area contributed by atoms with Crippen LogP contribution in [0.5, 0.6) is 0 Å². The van der Waals surface area contributed by atoms with Gasteiger partial charge in [0.15, 0.2) is 28.8 Å². The molecule has 9 saturated heterocycles. The molecule has 12 fully saturated rings. The van der Waals surface area contributed by atoms with Gasteiger partial charge in [0, 0.05) is 54.8 Å². The zero-order chi connectivity index (χ0) is 79.0. The normalized spacial score (nSPS) is 34.0. The van der Waals surface area contributed by atoms with Crippen LogP contribution in [0.4, 0.5) is 0 Å². The highest BCUT2D eigenvalue weighted by Crippen LogP contribution is 2.64. The lowest BCUT2D eigenvalue weighted by Crippen LogP contribution is -2.66. The molecule has 0 radical (unpaired) electrons. The van der Waals surface area contributed by atoms with Crippen molar-refractivity contribution in [3.63, 3.8) is 0 Å². The highest BCUT2D eigenvalue weighted by atomic mass is 31.2. The molecule has 115 heavy (non-hydrogen) atoms. The lowest BCUT2D eigenvalue weighted by Gasteiger charge is -2.57. The maximum absolute atomic E-state index is 11.3. The number of carbonyl (C=O) groups is 1. The van der Waals surface area contributed by atoms with Gasteiger partial charge in [-0.05, 0) is 238 Å². The van der Waals surface area contributed by atoms with Gasteiger partial charge in [0.05, 0.1) is 0 Å². The van der Waals surface area contributed by atoms with Crippen molar-refractivity contribution in [2.45, 2.75) is 192 Å². The Morgan fingerprint density at radius 1 is 0.313 bits per heavy atom. The van der Waals surface area contributed by atoms with Gasteiger partial charge in [0.2, 0.25) is 36.2 Å². The zero-order valence-electron chi connectivity index (χ0n) is 67.6. The molecule has 12 heterocycles. The van der Waals surface area contributed by atoms with Crippen LogP contribution in [0, 0.1) is 53.3 Å². The van der Waals surface area contributed by atoms with Gasteiger partial charge in [-0.15, -0.1) is 0 Å². The molecular formula is C100H108O13P2. The van der Waals surface area contributed by atoms with Crippen molar-refractivity contribution < 1.29 is 62.5 Å². The first-order valence-electron chi connectivity index (χ1n) is 41.9. The molecule has 8 aromatic rings. The molecule has 6 bridgehead atoms. The number of fused-ring (bicyclic) bond motifs is 6. The molecule has 3 spiro atoms. The van der Waals surface area contributed by atoms with Gasteiger partial charge < -0.3 is 28.4 Å². The second-order valence-electron chi connectivity index (χ2n) is 34.9. The van der Waals surface area contributed by atoms with Crippen molar-refractivity contribution in [1.29, 1.82) is 0 Å². The Balaban J connectivity index is 0.000000128. The average molecular weight is 1580 g/mol. The quantitative estimate of drug-likeness (QED) is 0.0618. The van der Waals surface area contributed by atoms with Gasteiger partial charge in [-0.1, -0.05) is 251 Å². The summed E-state index contributed by atoms with van der Waals surface area (Å²) in [5.41, 5.74) is 6.22. The molecule has 0 amide bonds. The third kappa shape index (κ3) is 13.7. The number of aldehydes is 1. The van der Waals surface area contributed by atoms with Crippen LogP contribution in [-0.2, 0) is 62.5 Å². The van der Waals surface area contributed by atoms with Gasteiger partial charge in [-0.3, -0.25) is 4.79 Å². The van der Waals surface area contributed by atoms with E-state index in [4.69, 9.17) is 57.7 Å². The topological polar surface area (TPSA) is 128 Å².